The SMILES string of the molecule is C=CC(=O)OC(C1CCC2CC(C(O)(C(F)(F)F)C(F)(F)F)CCC2C1)(C(F)(F)F)C(F)(F)F. The number of rotatable bonds is 4. The molecule has 0 bridgehead atoms. The number of aliphatic hydroxyl groups is 1. The van der Waals surface area contributed by atoms with E-state index >= 15 is 0 Å². The number of ether oxygens (including phenoxy) is 1. The third-order valence-corrected chi connectivity index (χ3v) is 6.91. The van der Waals surface area contributed by atoms with Crippen molar-refractivity contribution in [1.82, 2.24) is 0 Å². The van der Waals surface area contributed by atoms with E-state index in [1.807, 2.05) is 0 Å². The average molecular weight is 524 g/mol. The van der Waals surface area contributed by atoms with Gasteiger partial charge in [0.25, 0.3) is 5.60 Å². The number of hydrogen-bond acceptors (Lipinski definition) is 3. The van der Waals surface area contributed by atoms with E-state index in [0.717, 1.165) is 0 Å². The Morgan fingerprint density at radius 2 is 1.09 bits per heavy atom. The Kier molecular flexibility index (Phi) is 7.37. The van der Waals surface area contributed by atoms with Crippen LogP contribution in [0.5, 0.6) is 0 Å². The maximum atomic E-state index is 13.7. The third kappa shape index (κ3) is 4.60. The van der Waals surface area contributed by atoms with Crippen molar-refractivity contribution < 1.29 is 67.3 Å². The first-order valence-electron chi connectivity index (χ1n) is 9.98. The van der Waals surface area contributed by atoms with Crippen molar-refractivity contribution in [3.8, 4) is 0 Å². The number of halogens is 12. The van der Waals surface area contributed by atoms with Crippen LogP contribution < -0.4 is 0 Å². The summed E-state index contributed by atoms with van der Waals surface area (Å²) in [5.41, 5.74) is -9.99. The highest BCUT2D eigenvalue weighted by atomic mass is 19.4. The summed E-state index contributed by atoms with van der Waals surface area (Å²) in [7, 11) is 0. The lowest BCUT2D eigenvalue weighted by atomic mass is 9.59. The molecule has 0 heterocycles. The fraction of sp³-hybridized carbons (Fsp3) is 0.842. The first-order chi connectivity index (χ1) is 15.1. The van der Waals surface area contributed by atoms with Gasteiger partial charge in [-0.05, 0) is 50.4 Å². The molecule has 0 spiro atoms. The van der Waals surface area contributed by atoms with E-state index in [1.165, 1.54) is 0 Å². The van der Waals surface area contributed by atoms with E-state index in [1.54, 1.807) is 0 Å². The highest BCUT2D eigenvalue weighted by molar-refractivity contribution is 5.81. The molecule has 4 unspecified atom stereocenters. The molecular weight excluding hydrogens is 504 g/mol. The molecular formula is C19H20F12O3. The van der Waals surface area contributed by atoms with Crippen LogP contribution in [0.3, 0.4) is 0 Å². The number of alkyl halides is 12. The van der Waals surface area contributed by atoms with Crippen LogP contribution in [0, 0.1) is 23.7 Å². The molecule has 198 valence electrons. The van der Waals surface area contributed by atoms with Gasteiger partial charge >= 0.3 is 36.3 Å². The van der Waals surface area contributed by atoms with Crippen LogP contribution in [0.2, 0.25) is 0 Å². The van der Waals surface area contributed by atoms with Crippen LogP contribution in [0.25, 0.3) is 0 Å². The molecule has 2 rings (SSSR count). The molecule has 2 aliphatic rings. The number of carbonyl (C=O) groups excluding carboxylic acids is 1. The van der Waals surface area contributed by atoms with Gasteiger partial charge in [-0.2, -0.15) is 52.7 Å². The number of carbonyl (C=O) groups is 1. The Bertz CT molecular complexity index is 736. The monoisotopic (exact) mass is 524 g/mol. The van der Waals surface area contributed by atoms with Crippen LogP contribution in [0.4, 0.5) is 52.7 Å². The van der Waals surface area contributed by atoms with Crippen molar-refractivity contribution in [1.29, 1.82) is 0 Å². The van der Waals surface area contributed by atoms with E-state index in [2.05, 4.69) is 11.3 Å². The van der Waals surface area contributed by atoms with E-state index in [0.29, 0.717) is 0 Å². The van der Waals surface area contributed by atoms with Gasteiger partial charge in [-0.1, -0.05) is 6.58 Å². The first-order valence-corrected chi connectivity index (χ1v) is 9.98. The van der Waals surface area contributed by atoms with Crippen molar-refractivity contribution >= 4 is 5.97 Å². The zero-order valence-electron chi connectivity index (χ0n) is 17.1. The second-order valence-corrected chi connectivity index (χ2v) is 8.66. The maximum Gasteiger partial charge on any atom is 0.437 e. The molecule has 0 amide bonds. The molecule has 0 aromatic heterocycles. The zero-order chi connectivity index (χ0) is 26.5. The van der Waals surface area contributed by atoms with Gasteiger partial charge in [0.1, 0.15) is 0 Å². The van der Waals surface area contributed by atoms with E-state index < -0.39 is 104 Å². The lowest BCUT2D eigenvalue weighted by Crippen LogP contribution is -2.65. The third-order valence-electron chi connectivity index (χ3n) is 6.91. The predicted molar refractivity (Wildman–Crippen MR) is 89.9 cm³/mol. The van der Waals surface area contributed by atoms with Gasteiger partial charge < -0.3 is 9.84 Å². The number of hydrogen-bond donors (Lipinski definition) is 1. The summed E-state index contributed by atoms with van der Waals surface area (Å²) in [5, 5.41) is 9.61. The Labute approximate surface area is 185 Å². The molecule has 2 aliphatic carbocycles. The minimum atomic E-state index is -6.12. The summed E-state index contributed by atoms with van der Waals surface area (Å²) in [4.78, 5) is 11.4. The van der Waals surface area contributed by atoms with Gasteiger partial charge in [0.15, 0.2) is 0 Å². The summed E-state index contributed by atoms with van der Waals surface area (Å²) in [6, 6.07) is 0. The quantitative estimate of drug-likeness (QED) is 0.268. The lowest BCUT2D eigenvalue weighted by Gasteiger charge is -2.50. The molecule has 15 heteroatoms. The molecule has 2 fully saturated rings. The highest BCUT2D eigenvalue weighted by Crippen LogP contribution is 2.59. The van der Waals surface area contributed by atoms with Crippen LogP contribution in [0.1, 0.15) is 38.5 Å². The fourth-order valence-corrected chi connectivity index (χ4v) is 5.28. The average Bonchev–Trinajstić information content (AvgIpc) is 2.66. The largest absolute Gasteiger partial charge is 0.437 e. The Hall–Kier alpha value is -1.67. The normalized spacial score (nSPS) is 27.7. The topological polar surface area (TPSA) is 46.5 Å². The Morgan fingerprint density at radius 3 is 1.44 bits per heavy atom. The molecule has 4 atom stereocenters. The fourth-order valence-electron chi connectivity index (χ4n) is 5.28. The molecule has 0 radical (unpaired) electrons. The lowest BCUT2D eigenvalue weighted by molar-refractivity contribution is -0.393. The van der Waals surface area contributed by atoms with Crippen molar-refractivity contribution in [2.75, 3.05) is 0 Å². The van der Waals surface area contributed by atoms with Crippen LogP contribution in [-0.4, -0.2) is 47.0 Å². The van der Waals surface area contributed by atoms with Gasteiger partial charge in [-0.25, -0.2) is 4.79 Å². The highest BCUT2D eigenvalue weighted by Gasteiger charge is 2.78. The first kappa shape index (κ1) is 28.6. The predicted octanol–water partition coefficient (Wildman–Crippen LogP) is 6.27. The smallest absolute Gasteiger partial charge is 0.436 e. The Morgan fingerprint density at radius 1 is 0.706 bits per heavy atom. The minimum absolute atomic E-state index is 0.109. The maximum absolute atomic E-state index is 13.7. The van der Waals surface area contributed by atoms with E-state index in [4.69, 9.17) is 0 Å². The zero-order valence-corrected chi connectivity index (χ0v) is 17.1. The standard InChI is InChI=1S/C19H20F12O3/c1-2-13(32)34-15(18(26,27)28,19(29,30)31)12-6-4-9-7-11(5-3-10(9)8-12)14(33,16(20,21)22)17(23,24)25/h2,9-12,33H,1,3-8H2. The van der Waals surface area contributed by atoms with E-state index in [9.17, 15) is 62.6 Å². The summed E-state index contributed by atoms with van der Waals surface area (Å²) in [6.07, 6.45) is -29.2. The summed E-state index contributed by atoms with van der Waals surface area (Å²) in [5.74, 6) is -8.95. The molecule has 0 aliphatic heterocycles. The van der Waals surface area contributed by atoms with Gasteiger partial charge in [0.05, 0.1) is 0 Å². The number of esters is 1. The summed E-state index contributed by atoms with van der Waals surface area (Å²) >= 11 is 0. The molecule has 34 heavy (non-hydrogen) atoms. The van der Waals surface area contributed by atoms with Crippen molar-refractivity contribution in [3.05, 3.63) is 12.7 Å². The van der Waals surface area contributed by atoms with E-state index in [-0.39, 0.29) is 6.08 Å². The van der Waals surface area contributed by atoms with Gasteiger partial charge in [-0.3, -0.25) is 0 Å². The molecule has 3 nitrogen and oxygen atoms in total. The van der Waals surface area contributed by atoms with Gasteiger partial charge in [0, 0.05) is 17.9 Å². The molecule has 2 saturated carbocycles. The second kappa shape index (κ2) is 8.77. The van der Waals surface area contributed by atoms with Crippen LogP contribution in [-0.2, 0) is 9.53 Å². The summed E-state index contributed by atoms with van der Waals surface area (Å²) in [6.45, 7) is 2.77. The van der Waals surface area contributed by atoms with Crippen molar-refractivity contribution in [2.24, 2.45) is 23.7 Å². The van der Waals surface area contributed by atoms with Gasteiger partial charge in [-0.15, -0.1) is 0 Å². The van der Waals surface area contributed by atoms with Gasteiger partial charge in [0.2, 0.25) is 0 Å². The van der Waals surface area contributed by atoms with Crippen LogP contribution >= 0.6 is 0 Å². The molecule has 0 aromatic carbocycles. The summed E-state index contributed by atoms with van der Waals surface area (Å²) < 4.78 is 165. The molecule has 1 N–H and O–H groups in total. The second-order valence-electron chi connectivity index (χ2n) is 8.66. The van der Waals surface area contributed by atoms with Crippen molar-refractivity contribution in [3.63, 3.8) is 0 Å². The Balaban J connectivity index is 2.36. The number of fused-ring (bicyclic) bond motifs is 1. The van der Waals surface area contributed by atoms with Crippen LogP contribution in [0.15, 0.2) is 12.7 Å². The minimum Gasteiger partial charge on any atom is -0.436 e. The van der Waals surface area contributed by atoms with Crippen molar-refractivity contribution in [2.45, 2.75) is 74.4 Å². The molecule has 0 aromatic rings. The molecule has 0 saturated heterocycles.